The molecule has 0 spiro atoms. The number of fused-ring (bicyclic) bond motifs is 4. The van der Waals surface area contributed by atoms with Crippen molar-refractivity contribution in [3.05, 3.63) is 85.1 Å². The molecule has 4 aromatic rings. The molecule has 0 unspecified atom stereocenters. The second-order valence-corrected chi connectivity index (χ2v) is 9.59. The Labute approximate surface area is 172 Å². The normalized spacial score (nSPS) is 14.3. The standard InChI is InChI=1S/C25H20N3P/c1-27-19-10-3-5-12-23(19)29-24-13-6-4-11-20(24)28(2)22-16-17(15-21(27)25(22)29)18-9-7-8-14-26-18/h3-16H,1-2H3. The van der Waals surface area contributed by atoms with Crippen LogP contribution in [0.4, 0.5) is 22.7 Å². The predicted molar refractivity (Wildman–Crippen MR) is 125 cm³/mol. The van der Waals surface area contributed by atoms with Gasteiger partial charge in [-0.3, -0.25) is 4.98 Å². The molecule has 3 nitrogen and oxygen atoms in total. The second-order valence-electron chi connectivity index (χ2n) is 7.51. The van der Waals surface area contributed by atoms with E-state index in [1.807, 2.05) is 12.3 Å². The van der Waals surface area contributed by atoms with Gasteiger partial charge in [0.15, 0.2) is 0 Å². The molecular weight excluding hydrogens is 373 g/mol. The lowest BCUT2D eigenvalue weighted by atomic mass is 10.1. The fourth-order valence-electron chi connectivity index (χ4n) is 4.53. The first kappa shape index (κ1) is 16.8. The van der Waals surface area contributed by atoms with Gasteiger partial charge < -0.3 is 9.80 Å². The zero-order valence-corrected chi connectivity index (χ0v) is 17.3. The zero-order valence-electron chi connectivity index (χ0n) is 16.4. The van der Waals surface area contributed by atoms with Crippen LogP contribution >= 0.6 is 7.92 Å². The molecule has 1 aromatic heterocycles. The van der Waals surface area contributed by atoms with Gasteiger partial charge in [0.05, 0.1) is 17.1 Å². The molecule has 29 heavy (non-hydrogen) atoms. The Morgan fingerprint density at radius 2 is 1.21 bits per heavy atom. The third kappa shape index (κ3) is 2.31. The molecule has 3 aromatic carbocycles. The summed E-state index contributed by atoms with van der Waals surface area (Å²) in [6, 6.07) is 28.5. The summed E-state index contributed by atoms with van der Waals surface area (Å²) in [6.45, 7) is 0. The van der Waals surface area contributed by atoms with Gasteiger partial charge >= 0.3 is 0 Å². The Bertz CT molecular complexity index is 1180. The predicted octanol–water partition coefficient (Wildman–Crippen LogP) is 4.67. The number of anilines is 4. The first-order chi connectivity index (χ1) is 14.2. The van der Waals surface area contributed by atoms with Gasteiger partial charge in [0.2, 0.25) is 0 Å². The van der Waals surface area contributed by atoms with Crippen LogP contribution < -0.4 is 25.7 Å². The molecule has 0 saturated heterocycles. The number of hydrogen-bond donors (Lipinski definition) is 0. The van der Waals surface area contributed by atoms with Crippen molar-refractivity contribution in [1.29, 1.82) is 0 Å². The number of para-hydroxylation sites is 2. The molecule has 0 atom stereocenters. The van der Waals surface area contributed by atoms with E-state index in [1.54, 1.807) is 0 Å². The molecule has 0 N–H and O–H groups in total. The summed E-state index contributed by atoms with van der Waals surface area (Å²) in [5, 5.41) is 4.32. The summed E-state index contributed by atoms with van der Waals surface area (Å²) in [5.74, 6) is 0. The highest BCUT2D eigenvalue weighted by molar-refractivity contribution is 7.81. The molecule has 6 rings (SSSR count). The van der Waals surface area contributed by atoms with Gasteiger partial charge in [0.1, 0.15) is 0 Å². The van der Waals surface area contributed by atoms with Crippen LogP contribution in [-0.2, 0) is 0 Å². The van der Waals surface area contributed by atoms with Gasteiger partial charge in [-0.2, -0.15) is 0 Å². The van der Waals surface area contributed by atoms with E-state index in [2.05, 4.69) is 102 Å². The minimum Gasteiger partial charge on any atom is -0.343 e. The van der Waals surface area contributed by atoms with Crippen LogP contribution in [-0.4, -0.2) is 19.1 Å². The molecule has 0 amide bonds. The van der Waals surface area contributed by atoms with Crippen molar-refractivity contribution >= 4 is 46.6 Å². The lowest BCUT2D eigenvalue weighted by Gasteiger charge is -2.43. The van der Waals surface area contributed by atoms with Crippen LogP contribution in [0.25, 0.3) is 11.3 Å². The van der Waals surface area contributed by atoms with Gasteiger partial charge in [-0.25, -0.2) is 0 Å². The Kier molecular flexibility index (Phi) is 3.57. The lowest BCUT2D eigenvalue weighted by molar-refractivity contribution is 1.18. The average molecular weight is 393 g/mol. The molecule has 0 aliphatic carbocycles. The number of nitrogens with zero attached hydrogens (tertiary/aromatic N) is 3. The second kappa shape index (κ2) is 6.17. The molecule has 0 radical (unpaired) electrons. The molecule has 2 aliphatic heterocycles. The summed E-state index contributed by atoms with van der Waals surface area (Å²) < 4.78 is 0. The first-order valence-electron chi connectivity index (χ1n) is 9.79. The highest BCUT2D eigenvalue weighted by Crippen LogP contribution is 2.53. The van der Waals surface area contributed by atoms with E-state index in [-0.39, 0.29) is 0 Å². The van der Waals surface area contributed by atoms with Gasteiger partial charge in [-0.15, -0.1) is 0 Å². The van der Waals surface area contributed by atoms with Crippen molar-refractivity contribution in [3.63, 3.8) is 0 Å². The molecule has 0 bridgehead atoms. The Morgan fingerprint density at radius 3 is 1.76 bits per heavy atom. The highest BCUT2D eigenvalue weighted by Gasteiger charge is 2.38. The number of hydrogen-bond acceptors (Lipinski definition) is 3. The van der Waals surface area contributed by atoms with Crippen LogP contribution in [0.5, 0.6) is 0 Å². The SMILES string of the molecule is CN1c2ccccc2P2c3ccccc3N(C)c3cc(-c4ccccn4)cc1c32. The van der Waals surface area contributed by atoms with Crippen LogP contribution in [0.1, 0.15) is 0 Å². The Morgan fingerprint density at radius 1 is 0.655 bits per heavy atom. The van der Waals surface area contributed by atoms with Crippen molar-refractivity contribution < 1.29 is 0 Å². The fraction of sp³-hybridized carbons (Fsp3) is 0.0800. The summed E-state index contributed by atoms with van der Waals surface area (Å²) in [7, 11) is 3.78. The number of aromatic nitrogens is 1. The maximum absolute atomic E-state index is 4.62. The monoisotopic (exact) mass is 393 g/mol. The molecule has 0 fully saturated rings. The average Bonchev–Trinajstić information content (AvgIpc) is 2.79. The van der Waals surface area contributed by atoms with Gasteiger partial charge in [0.25, 0.3) is 0 Å². The fourth-order valence-corrected chi connectivity index (χ4v) is 7.54. The van der Waals surface area contributed by atoms with Crippen LogP contribution in [0.2, 0.25) is 0 Å². The van der Waals surface area contributed by atoms with E-state index in [0.717, 1.165) is 11.3 Å². The third-order valence-electron chi connectivity index (χ3n) is 5.94. The highest BCUT2D eigenvalue weighted by atomic mass is 31.1. The molecule has 140 valence electrons. The first-order valence-corrected chi connectivity index (χ1v) is 11.1. The maximum atomic E-state index is 4.62. The largest absolute Gasteiger partial charge is 0.343 e. The lowest BCUT2D eigenvalue weighted by Crippen LogP contribution is -2.41. The number of pyridine rings is 1. The minimum absolute atomic E-state index is 0.589. The van der Waals surface area contributed by atoms with E-state index in [0.29, 0.717) is 0 Å². The van der Waals surface area contributed by atoms with Crippen molar-refractivity contribution in [1.82, 2.24) is 4.98 Å². The molecule has 3 heterocycles. The minimum atomic E-state index is -0.589. The summed E-state index contributed by atoms with van der Waals surface area (Å²) in [5.41, 5.74) is 7.34. The third-order valence-corrected chi connectivity index (χ3v) is 8.57. The molecule has 4 heteroatoms. The van der Waals surface area contributed by atoms with Gasteiger partial charge in [-0.1, -0.05) is 42.5 Å². The van der Waals surface area contributed by atoms with Crippen LogP contribution in [0.15, 0.2) is 85.1 Å². The smallest absolute Gasteiger partial charge is 0.0703 e. The van der Waals surface area contributed by atoms with E-state index in [9.17, 15) is 0 Å². The molecular formula is C25H20N3P. The van der Waals surface area contributed by atoms with Crippen molar-refractivity contribution in [2.45, 2.75) is 0 Å². The van der Waals surface area contributed by atoms with E-state index in [4.69, 9.17) is 0 Å². The van der Waals surface area contributed by atoms with Gasteiger partial charge in [0, 0.05) is 53.1 Å². The van der Waals surface area contributed by atoms with E-state index < -0.39 is 7.92 Å². The Balaban J connectivity index is 1.70. The topological polar surface area (TPSA) is 19.4 Å². The van der Waals surface area contributed by atoms with Crippen LogP contribution in [0.3, 0.4) is 0 Å². The summed E-state index contributed by atoms with van der Waals surface area (Å²) in [4.78, 5) is 9.31. The van der Waals surface area contributed by atoms with Crippen molar-refractivity contribution in [2.75, 3.05) is 23.9 Å². The number of benzene rings is 3. The van der Waals surface area contributed by atoms with Crippen LogP contribution in [0, 0.1) is 0 Å². The van der Waals surface area contributed by atoms with Crippen molar-refractivity contribution in [3.8, 4) is 11.3 Å². The summed E-state index contributed by atoms with van der Waals surface area (Å²) >= 11 is 0. The number of rotatable bonds is 1. The van der Waals surface area contributed by atoms with E-state index >= 15 is 0 Å². The Hall–Kier alpha value is -3.16. The summed E-state index contributed by atoms with van der Waals surface area (Å²) in [6.07, 6.45) is 1.87. The molecule has 0 saturated carbocycles. The molecule has 2 aliphatic rings. The van der Waals surface area contributed by atoms with E-state index in [1.165, 1.54) is 38.7 Å². The van der Waals surface area contributed by atoms with Crippen molar-refractivity contribution in [2.24, 2.45) is 0 Å². The zero-order chi connectivity index (χ0) is 19.5. The quantitative estimate of drug-likeness (QED) is 0.438. The van der Waals surface area contributed by atoms with Gasteiger partial charge in [-0.05, 0) is 44.3 Å². The maximum Gasteiger partial charge on any atom is 0.0703 e.